The Balaban J connectivity index is 1.32. The van der Waals surface area contributed by atoms with Crippen molar-refractivity contribution in [1.29, 1.82) is 0 Å². The fraction of sp³-hybridized carbons (Fsp3) is 0.200. The first-order valence-electron chi connectivity index (χ1n) is 10.3. The van der Waals surface area contributed by atoms with Crippen LogP contribution in [0.3, 0.4) is 0 Å². The van der Waals surface area contributed by atoms with Crippen LogP contribution >= 0.6 is 0 Å². The van der Waals surface area contributed by atoms with Gasteiger partial charge in [0.05, 0.1) is 11.8 Å². The van der Waals surface area contributed by atoms with E-state index in [-0.39, 0.29) is 5.56 Å². The second-order valence-electron chi connectivity index (χ2n) is 7.75. The molecule has 0 fully saturated rings. The first-order valence-corrected chi connectivity index (χ1v) is 10.3. The van der Waals surface area contributed by atoms with Crippen LogP contribution in [0.15, 0.2) is 77.9 Å². The summed E-state index contributed by atoms with van der Waals surface area (Å²) in [7, 11) is 0. The number of rotatable bonds is 5. The van der Waals surface area contributed by atoms with Gasteiger partial charge in [-0.25, -0.2) is 5.43 Å². The molecule has 1 N–H and O–H groups in total. The number of hydrogen-bond acceptors (Lipinski definition) is 3. The highest BCUT2D eigenvalue weighted by Gasteiger charge is 2.30. The van der Waals surface area contributed by atoms with Gasteiger partial charge in [0.25, 0.3) is 5.91 Å². The number of alkyl halides is 3. The molecule has 3 aromatic rings. The van der Waals surface area contributed by atoms with Gasteiger partial charge < -0.3 is 0 Å². The molecule has 0 radical (unpaired) electrons. The minimum atomic E-state index is -4.42. The van der Waals surface area contributed by atoms with Crippen molar-refractivity contribution in [3.63, 3.8) is 0 Å². The van der Waals surface area contributed by atoms with Crippen molar-refractivity contribution < 1.29 is 18.0 Å². The van der Waals surface area contributed by atoms with Crippen molar-refractivity contribution in [1.82, 2.24) is 10.3 Å². The van der Waals surface area contributed by atoms with Gasteiger partial charge in [0, 0.05) is 25.2 Å². The molecule has 3 aromatic carbocycles. The van der Waals surface area contributed by atoms with E-state index in [2.05, 4.69) is 39.7 Å². The Labute approximate surface area is 184 Å². The largest absolute Gasteiger partial charge is 0.416 e. The van der Waals surface area contributed by atoms with E-state index >= 15 is 0 Å². The minimum Gasteiger partial charge on any atom is -0.294 e. The average Bonchev–Trinajstić information content (AvgIpc) is 2.79. The molecule has 0 saturated heterocycles. The van der Waals surface area contributed by atoms with E-state index in [4.69, 9.17) is 0 Å². The maximum atomic E-state index is 12.8. The first kappa shape index (κ1) is 21.8. The number of halogens is 3. The Bertz CT molecular complexity index is 1120. The molecule has 1 aliphatic rings. The fourth-order valence-electron chi connectivity index (χ4n) is 3.73. The van der Waals surface area contributed by atoms with Crippen LogP contribution in [0.25, 0.3) is 0 Å². The lowest BCUT2D eigenvalue weighted by Gasteiger charge is -2.28. The van der Waals surface area contributed by atoms with Crippen molar-refractivity contribution >= 4 is 12.1 Å². The van der Waals surface area contributed by atoms with E-state index in [9.17, 15) is 18.0 Å². The molecule has 0 saturated carbocycles. The maximum Gasteiger partial charge on any atom is 0.416 e. The minimum absolute atomic E-state index is 0.249. The van der Waals surface area contributed by atoms with Crippen LogP contribution in [-0.2, 0) is 25.7 Å². The highest BCUT2D eigenvalue weighted by atomic mass is 19.4. The summed E-state index contributed by atoms with van der Waals surface area (Å²) in [6, 6.07) is 20.5. The highest BCUT2D eigenvalue weighted by molar-refractivity contribution is 5.94. The first-order chi connectivity index (χ1) is 15.4. The number of nitrogens with zero attached hydrogens (tertiary/aromatic N) is 2. The van der Waals surface area contributed by atoms with Crippen molar-refractivity contribution in [3.05, 3.63) is 106 Å². The Morgan fingerprint density at radius 2 is 1.75 bits per heavy atom. The van der Waals surface area contributed by atoms with Gasteiger partial charge in [0.1, 0.15) is 0 Å². The van der Waals surface area contributed by atoms with Crippen molar-refractivity contribution in [3.8, 4) is 0 Å². The summed E-state index contributed by atoms with van der Waals surface area (Å²) in [6.07, 6.45) is -2.21. The molecule has 4 nitrogen and oxygen atoms in total. The van der Waals surface area contributed by atoms with Gasteiger partial charge in [-0.2, -0.15) is 18.3 Å². The average molecular weight is 437 g/mol. The molecule has 1 heterocycles. The molecular weight excluding hydrogens is 415 g/mol. The maximum absolute atomic E-state index is 12.8. The predicted molar refractivity (Wildman–Crippen MR) is 117 cm³/mol. The van der Waals surface area contributed by atoms with Crippen LogP contribution in [0.4, 0.5) is 13.2 Å². The van der Waals surface area contributed by atoms with Crippen molar-refractivity contribution in [2.24, 2.45) is 5.10 Å². The van der Waals surface area contributed by atoms with E-state index in [1.54, 1.807) is 12.1 Å². The van der Waals surface area contributed by atoms with Crippen LogP contribution in [0.5, 0.6) is 0 Å². The molecule has 0 unspecified atom stereocenters. The molecular formula is C25H22F3N3O. The molecule has 0 bridgehead atoms. The zero-order chi connectivity index (χ0) is 22.6. The summed E-state index contributed by atoms with van der Waals surface area (Å²) in [6.45, 7) is 2.69. The molecule has 0 atom stereocenters. The van der Waals surface area contributed by atoms with Crippen LogP contribution in [-0.4, -0.2) is 23.6 Å². The molecule has 0 aromatic heterocycles. The lowest BCUT2D eigenvalue weighted by atomic mass is 9.99. The number of hydrazone groups is 1. The lowest BCUT2D eigenvalue weighted by Crippen LogP contribution is -2.30. The summed E-state index contributed by atoms with van der Waals surface area (Å²) in [5, 5.41) is 3.78. The number of hydrogen-bond donors (Lipinski definition) is 1. The molecule has 1 amide bonds. The summed E-state index contributed by atoms with van der Waals surface area (Å²) in [5.74, 6) is -0.424. The number of carbonyl (C=O) groups excluding carboxylic acids is 1. The van der Waals surface area contributed by atoms with Gasteiger partial charge >= 0.3 is 6.18 Å². The Hall–Kier alpha value is -3.45. The second kappa shape index (κ2) is 9.36. The zero-order valence-electron chi connectivity index (χ0n) is 17.3. The third-order valence-electron chi connectivity index (χ3n) is 5.43. The third kappa shape index (κ3) is 5.42. The standard InChI is InChI=1S/C25H22F3N3O/c26-25(27,28)23-7-3-4-19(14-23)15-29-30-24(32)21-10-8-18(9-11-21)16-31-13-12-20-5-1-2-6-22(20)17-31/h1-11,14-15H,12-13,16-17H2,(H,30,32). The molecule has 4 rings (SSSR count). The summed E-state index contributed by atoms with van der Waals surface area (Å²) >= 11 is 0. The van der Waals surface area contributed by atoms with E-state index < -0.39 is 17.6 Å². The quantitative estimate of drug-likeness (QED) is 0.450. The van der Waals surface area contributed by atoms with Gasteiger partial charge in [-0.1, -0.05) is 48.5 Å². The van der Waals surface area contributed by atoms with Crippen LogP contribution in [0, 0.1) is 0 Å². The lowest BCUT2D eigenvalue weighted by molar-refractivity contribution is -0.137. The number of amides is 1. The van der Waals surface area contributed by atoms with E-state index in [0.717, 1.165) is 43.8 Å². The molecule has 0 spiro atoms. The molecule has 164 valence electrons. The van der Waals surface area contributed by atoms with E-state index in [0.29, 0.717) is 5.56 Å². The molecule has 7 heteroatoms. The SMILES string of the molecule is O=C(NN=Cc1cccc(C(F)(F)F)c1)c1ccc(CN2CCc3ccccc3C2)cc1. The van der Waals surface area contributed by atoms with Crippen molar-refractivity contribution in [2.75, 3.05) is 6.54 Å². The van der Waals surface area contributed by atoms with E-state index in [1.165, 1.54) is 29.5 Å². The Kier molecular flexibility index (Phi) is 6.37. The van der Waals surface area contributed by atoms with Gasteiger partial charge in [-0.3, -0.25) is 9.69 Å². The summed E-state index contributed by atoms with van der Waals surface area (Å²) in [5.41, 5.74) is 6.14. The highest BCUT2D eigenvalue weighted by Crippen LogP contribution is 2.29. The number of nitrogens with one attached hydrogen (secondary N) is 1. The van der Waals surface area contributed by atoms with Crippen molar-refractivity contribution in [2.45, 2.75) is 25.7 Å². The van der Waals surface area contributed by atoms with Crippen LogP contribution < -0.4 is 5.43 Å². The second-order valence-corrected chi connectivity index (χ2v) is 7.75. The Morgan fingerprint density at radius 3 is 2.50 bits per heavy atom. The van der Waals surface area contributed by atoms with Crippen LogP contribution in [0.2, 0.25) is 0 Å². The fourth-order valence-corrected chi connectivity index (χ4v) is 3.73. The zero-order valence-corrected chi connectivity index (χ0v) is 17.3. The van der Waals surface area contributed by atoms with Crippen LogP contribution in [0.1, 0.15) is 38.2 Å². The molecule has 32 heavy (non-hydrogen) atoms. The monoisotopic (exact) mass is 437 g/mol. The number of carbonyl (C=O) groups is 1. The number of fused-ring (bicyclic) bond motifs is 1. The number of benzene rings is 3. The molecule has 1 aliphatic heterocycles. The normalized spacial score (nSPS) is 14.3. The summed E-state index contributed by atoms with van der Waals surface area (Å²) < 4.78 is 38.3. The van der Waals surface area contributed by atoms with Gasteiger partial charge in [0.2, 0.25) is 0 Å². The Morgan fingerprint density at radius 1 is 1.00 bits per heavy atom. The third-order valence-corrected chi connectivity index (χ3v) is 5.43. The smallest absolute Gasteiger partial charge is 0.294 e. The molecule has 0 aliphatic carbocycles. The van der Waals surface area contributed by atoms with Gasteiger partial charge in [-0.15, -0.1) is 0 Å². The predicted octanol–water partition coefficient (Wildman–Crippen LogP) is 5.03. The van der Waals surface area contributed by atoms with E-state index in [1.807, 2.05) is 12.1 Å². The topological polar surface area (TPSA) is 44.7 Å². The van der Waals surface area contributed by atoms with Gasteiger partial charge in [-0.05, 0) is 52.9 Å². The summed E-state index contributed by atoms with van der Waals surface area (Å²) in [4.78, 5) is 14.7. The van der Waals surface area contributed by atoms with Gasteiger partial charge in [0.15, 0.2) is 0 Å².